The van der Waals surface area contributed by atoms with Crippen LogP contribution in [0.3, 0.4) is 0 Å². The van der Waals surface area contributed by atoms with Crippen LogP contribution in [0.5, 0.6) is 0 Å². The molecule has 30 heavy (non-hydrogen) atoms. The SMILES string of the molecule is Cc1cc(C)c(NC(=O)CNC(=O)COC(=O)c2cc3c(F)cccc3s2)c(C)c1. The van der Waals surface area contributed by atoms with E-state index >= 15 is 0 Å². The second kappa shape index (κ2) is 9.04. The number of nitrogens with one attached hydrogen (secondary N) is 2. The number of esters is 1. The van der Waals surface area contributed by atoms with Gasteiger partial charge < -0.3 is 15.4 Å². The second-order valence-electron chi connectivity index (χ2n) is 6.94. The Labute approximate surface area is 177 Å². The van der Waals surface area contributed by atoms with Gasteiger partial charge >= 0.3 is 5.97 Å². The first-order chi connectivity index (χ1) is 14.2. The Bertz CT molecular complexity index is 1120. The van der Waals surface area contributed by atoms with Gasteiger partial charge in [0.15, 0.2) is 6.61 Å². The Kier molecular flexibility index (Phi) is 6.47. The van der Waals surface area contributed by atoms with Crippen molar-refractivity contribution in [1.29, 1.82) is 0 Å². The Hall–Kier alpha value is -3.26. The van der Waals surface area contributed by atoms with E-state index in [0.717, 1.165) is 28.0 Å². The lowest BCUT2D eigenvalue weighted by Crippen LogP contribution is -2.35. The fourth-order valence-corrected chi connectivity index (χ4v) is 4.09. The molecule has 0 spiro atoms. The van der Waals surface area contributed by atoms with E-state index in [4.69, 9.17) is 4.74 Å². The van der Waals surface area contributed by atoms with Crippen molar-refractivity contribution >= 4 is 44.9 Å². The highest BCUT2D eigenvalue weighted by Gasteiger charge is 2.16. The van der Waals surface area contributed by atoms with E-state index in [1.807, 2.05) is 32.9 Å². The zero-order valence-corrected chi connectivity index (χ0v) is 17.6. The number of hydrogen-bond acceptors (Lipinski definition) is 5. The number of benzene rings is 2. The first-order valence-corrected chi connectivity index (χ1v) is 10.1. The molecule has 2 N–H and O–H groups in total. The summed E-state index contributed by atoms with van der Waals surface area (Å²) in [6.07, 6.45) is 0. The molecule has 3 aromatic rings. The molecule has 1 aromatic heterocycles. The largest absolute Gasteiger partial charge is 0.451 e. The molecule has 0 aliphatic carbocycles. The molecular weight excluding hydrogens is 407 g/mol. The summed E-state index contributed by atoms with van der Waals surface area (Å²) in [5.74, 6) is -2.14. The summed E-state index contributed by atoms with van der Waals surface area (Å²) in [4.78, 5) is 36.4. The summed E-state index contributed by atoms with van der Waals surface area (Å²) >= 11 is 1.08. The maximum Gasteiger partial charge on any atom is 0.348 e. The van der Waals surface area contributed by atoms with Crippen LogP contribution in [0.2, 0.25) is 0 Å². The van der Waals surface area contributed by atoms with Gasteiger partial charge in [0.2, 0.25) is 5.91 Å². The molecule has 0 saturated carbocycles. The lowest BCUT2D eigenvalue weighted by Gasteiger charge is -2.13. The van der Waals surface area contributed by atoms with Gasteiger partial charge in [-0.25, -0.2) is 9.18 Å². The quantitative estimate of drug-likeness (QED) is 0.584. The Morgan fingerprint density at radius 2 is 1.73 bits per heavy atom. The van der Waals surface area contributed by atoms with Gasteiger partial charge in [-0.2, -0.15) is 0 Å². The first-order valence-electron chi connectivity index (χ1n) is 9.24. The van der Waals surface area contributed by atoms with Gasteiger partial charge in [-0.05, 0) is 50.1 Å². The molecular formula is C22H21FN2O4S. The van der Waals surface area contributed by atoms with Gasteiger partial charge in [0.1, 0.15) is 10.7 Å². The van der Waals surface area contributed by atoms with E-state index < -0.39 is 24.3 Å². The van der Waals surface area contributed by atoms with Crippen LogP contribution in [0, 0.1) is 26.6 Å². The number of aryl methyl sites for hydroxylation is 3. The molecule has 0 bridgehead atoms. The second-order valence-corrected chi connectivity index (χ2v) is 8.02. The third kappa shape index (κ3) is 5.01. The number of halogens is 1. The number of fused-ring (bicyclic) bond motifs is 1. The number of rotatable bonds is 6. The summed E-state index contributed by atoms with van der Waals surface area (Å²) in [5, 5.41) is 5.52. The first kappa shape index (κ1) is 21.4. The van der Waals surface area contributed by atoms with E-state index in [1.165, 1.54) is 12.1 Å². The van der Waals surface area contributed by atoms with Gasteiger partial charge in [-0.15, -0.1) is 11.3 Å². The zero-order valence-electron chi connectivity index (χ0n) is 16.8. The minimum Gasteiger partial charge on any atom is -0.451 e. The number of ether oxygens (including phenoxy) is 1. The predicted octanol–water partition coefficient (Wildman–Crippen LogP) is 3.88. The van der Waals surface area contributed by atoms with Gasteiger partial charge in [0, 0.05) is 15.8 Å². The topological polar surface area (TPSA) is 84.5 Å². The van der Waals surface area contributed by atoms with Gasteiger partial charge in [-0.1, -0.05) is 23.8 Å². The molecule has 2 amide bonds. The average molecular weight is 428 g/mol. The molecule has 2 aromatic carbocycles. The molecule has 0 atom stereocenters. The highest BCUT2D eigenvalue weighted by molar-refractivity contribution is 7.20. The summed E-state index contributed by atoms with van der Waals surface area (Å²) in [5.41, 5.74) is 3.67. The molecule has 1 heterocycles. The van der Waals surface area contributed by atoms with Crippen molar-refractivity contribution in [3.05, 3.63) is 63.8 Å². The average Bonchev–Trinajstić information content (AvgIpc) is 3.13. The van der Waals surface area contributed by atoms with E-state index in [2.05, 4.69) is 10.6 Å². The summed E-state index contributed by atoms with van der Waals surface area (Å²) in [6.45, 7) is 4.98. The van der Waals surface area contributed by atoms with Crippen molar-refractivity contribution < 1.29 is 23.5 Å². The number of anilines is 1. The molecule has 156 valence electrons. The molecule has 0 radical (unpaired) electrons. The lowest BCUT2D eigenvalue weighted by molar-refractivity contribution is -0.126. The molecule has 6 nitrogen and oxygen atoms in total. The third-order valence-electron chi connectivity index (χ3n) is 4.43. The van der Waals surface area contributed by atoms with Crippen LogP contribution in [-0.2, 0) is 14.3 Å². The van der Waals surface area contributed by atoms with Crippen molar-refractivity contribution in [2.24, 2.45) is 0 Å². The van der Waals surface area contributed by atoms with E-state index in [0.29, 0.717) is 15.8 Å². The van der Waals surface area contributed by atoms with E-state index in [-0.39, 0.29) is 17.3 Å². The number of thiophene rings is 1. The number of hydrogen-bond donors (Lipinski definition) is 2. The minimum absolute atomic E-state index is 0.200. The molecule has 3 rings (SSSR count). The third-order valence-corrected chi connectivity index (χ3v) is 5.51. The van der Waals surface area contributed by atoms with E-state index in [9.17, 15) is 18.8 Å². The van der Waals surface area contributed by atoms with Crippen molar-refractivity contribution in [3.63, 3.8) is 0 Å². The maximum atomic E-state index is 13.7. The maximum absolute atomic E-state index is 13.7. The molecule has 0 aliphatic rings. The van der Waals surface area contributed by atoms with Crippen LogP contribution in [-0.4, -0.2) is 30.9 Å². The number of amides is 2. The fourth-order valence-electron chi connectivity index (χ4n) is 3.12. The standard InChI is InChI=1S/C22H21FN2O4S/c1-12-7-13(2)21(14(3)8-12)25-19(26)10-24-20(27)11-29-22(28)18-9-15-16(23)5-4-6-17(15)30-18/h4-9H,10-11H2,1-3H3,(H,24,27)(H,25,26). The van der Waals surface area contributed by atoms with Crippen LogP contribution in [0.1, 0.15) is 26.4 Å². The van der Waals surface area contributed by atoms with Gasteiger partial charge in [0.25, 0.3) is 5.91 Å². The van der Waals surface area contributed by atoms with E-state index in [1.54, 1.807) is 12.1 Å². The van der Waals surface area contributed by atoms with Gasteiger partial charge in [-0.3, -0.25) is 9.59 Å². The van der Waals surface area contributed by atoms with Gasteiger partial charge in [0.05, 0.1) is 6.54 Å². The Morgan fingerprint density at radius 1 is 1.03 bits per heavy atom. The van der Waals surface area contributed by atoms with Crippen LogP contribution in [0.25, 0.3) is 10.1 Å². The monoisotopic (exact) mass is 428 g/mol. The normalized spacial score (nSPS) is 10.7. The van der Waals surface area contributed by atoms with Crippen LogP contribution < -0.4 is 10.6 Å². The van der Waals surface area contributed by atoms with Crippen LogP contribution in [0.4, 0.5) is 10.1 Å². The smallest absolute Gasteiger partial charge is 0.348 e. The van der Waals surface area contributed by atoms with Crippen molar-refractivity contribution in [1.82, 2.24) is 5.32 Å². The summed E-state index contributed by atoms with van der Waals surface area (Å²) < 4.78 is 19.3. The molecule has 0 saturated heterocycles. The zero-order chi connectivity index (χ0) is 21.8. The predicted molar refractivity (Wildman–Crippen MR) is 114 cm³/mol. The minimum atomic E-state index is -0.721. The highest BCUT2D eigenvalue weighted by atomic mass is 32.1. The molecule has 0 unspecified atom stereocenters. The van der Waals surface area contributed by atoms with Crippen molar-refractivity contribution in [3.8, 4) is 0 Å². The summed E-state index contributed by atoms with van der Waals surface area (Å²) in [6, 6.07) is 9.88. The van der Waals surface area contributed by atoms with Crippen molar-refractivity contribution in [2.75, 3.05) is 18.5 Å². The Morgan fingerprint density at radius 3 is 2.40 bits per heavy atom. The molecule has 0 aliphatic heterocycles. The van der Waals surface area contributed by atoms with Crippen LogP contribution >= 0.6 is 11.3 Å². The van der Waals surface area contributed by atoms with Crippen molar-refractivity contribution in [2.45, 2.75) is 20.8 Å². The lowest BCUT2D eigenvalue weighted by atomic mass is 10.1. The summed E-state index contributed by atoms with van der Waals surface area (Å²) in [7, 11) is 0. The molecule has 8 heteroatoms. The fraction of sp³-hybridized carbons (Fsp3) is 0.227. The Balaban J connectivity index is 1.49. The molecule has 0 fully saturated rings. The van der Waals surface area contributed by atoms with Crippen LogP contribution in [0.15, 0.2) is 36.4 Å². The number of carbonyl (C=O) groups excluding carboxylic acids is 3. The highest BCUT2D eigenvalue weighted by Crippen LogP contribution is 2.28. The number of carbonyl (C=O) groups is 3.